The number of hydrogen-bond acceptors (Lipinski definition) is 4. The number of nitrogens with zero attached hydrogens (tertiary/aromatic N) is 3. The first-order valence-corrected chi connectivity index (χ1v) is 7.59. The summed E-state index contributed by atoms with van der Waals surface area (Å²) < 4.78 is 0. The van der Waals surface area contributed by atoms with Crippen molar-refractivity contribution in [3.8, 4) is 0 Å². The molecule has 3 rings (SSSR count). The Labute approximate surface area is 126 Å². The van der Waals surface area contributed by atoms with Gasteiger partial charge in [-0.25, -0.2) is 9.97 Å². The lowest BCUT2D eigenvalue weighted by atomic mass is 10.1. The monoisotopic (exact) mass is 303 g/mol. The average Bonchev–Trinajstić information content (AvgIpc) is 2.95. The van der Waals surface area contributed by atoms with Gasteiger partial charge in [0.2, 0.25) is 0 Å². The lowest BCUT2D eigenvalue weighted by Gasteiger charge is -2.26. The van der Waals surface area contributed by atoms with Crippen molar-refractivity contribution < 1.29 is 0 Å². The van der Waals surface area contributed by atoms with Crippen LogP contribution in [0.5, 0.6) is 0 Å². The van der Waals surface area contributed by atoms with Crippen molar-refractivity contribution in [2.24, 2.45) is 0 Å². The van der Waals surface area contributed by atoms with Crippen LogP contribution < -0.4 is 4.90 Å². The second-order valence-corrected chi connectivity index (χ2v) is 6.01. The minimum atomic E-state index is 0.213. The van der Waals surface area contributed by atoms with Gasteiger partial charge in [-0.1, -0.05) is 23.7 Å². The fraction of sp³-hybridized carbons (Fsp3) is 0.200. The molecule has 0 aliphatic heterocycles. The van der Waals surface area contributed by atoms with Gasteiger partial charge < -0.3 is 4.90 Å². The molecule has 5 heteroatoms. The molecule has 2 aromatic heterocycles. The third-order valence-corrected chi connectivity index (χ3v) is 4.58. The standard InChI is InChI=1S/C15H14ClN3S/c1-10(11-3-5-12(16)6-4-11)19(2)14-13-7-8-20-15(13)18-9-17-14/h3-10H,1-2H3. The van der Waals surface area contributed by atoms with Gasteiger partial charge in [0.25, 0.3) is 0 Å². The highest BCUT2D eigenvalue weighted by atomic mass is 35.5. The Bertz CT molecular complexity index is 723. The van der Waals surface area contributed by atoms with Crippen LogP contribution in [-0.2, 0) is 0 Å². The fourth-order valence-electron chi connectivity index (χ4n) is 2.21. The summed E-state index contributed by atoms with van der Waals surface area (Å²) in [5.41, 5.74) is 1.21. The SMILES string of the molecule is CC(c1ccc(Cl)cc1)N(C)c1ncnc2sccc12. The molecule has 0 fully saturated rings. The molecule has 0 radical (unpaired) electrons. The third kappa shape index (κ3) is 2.37. The van der Waals surface area contributed by atoms with Crippen LogP contribution in [0.4, 0.5) is 5.82 Å². The van der Waals surface area contributed by atoms with Crippen LogP contribution in [0.1, 0.15) is 18.5 Å². The summed E-state index contributed by atoms with van der Waals surface area (Å²) in [4.78, 5) is 11.9. The highest BCUT2D eigenvalue weighted by Crippen LogP contribution is 2.31. The van der Waals surface area contributed by atoms with E-state index in [0.717, 1.165) is 21.1 Å². The van der Waals surface area contributed by atoms with Gasteiger partial charge in [0.05, 0.1) is 11.4 Å². The zero-order valence-corrected chi connectivity index (χ0v) is 12.8. The van der Waals surface area contributed by atoms with Gasteiger partial charge in [-0.3, -0.25) is 0 Å². The van der Waals surface area contributed by atoms with Crippen LogP contribution in [0.15, 0.2) is 42.0 Å². The topological polar surface area (TPSA) is 29.0 Å². The Morgan fingerprint density at radius 2 is 1.90 bits per heavy atom. The number of rotatable bonds is 3. The number of halogens is 1. The number of thiophene rings is 1. The molecular weight excluding hydrogens is 290 g/mol. The second kappa shape index (κ2) is 5.38. The lowest BCUT2D eigenvalue weighted by Crippen LogP contribution is -2.22. The van der Waals surface area contributed by atoms with Gasteiger partial charge in [-0.15, -0.1) is 11.3 Å². The quantitative estimate of drug-likeness (QED) is 0.711. The van der Waals surface area contributed by atoms with Gasteiger partial charge in [0, 0.05) is 12.1 Å². The third-order valence-electron chi connectivity index (χ3n) is 3.51. The van der Waals surface area contributed by atoms with E-state index in [2.05, 4.69) is 47.0 Å². The van der Waals surface area contributed by atoms with E-state index in [-0.39, 0.29) is 6.04 Å². The highest BCUT2D eigenvalue weighted by Gasteiger charge is 2.16. The first kappa shape index (κ1) is 13.3. The van der Waals surface area contributed by atoms with E-state index < -0.39 is 0 Å². The van der Waals surface area contributed by atoms with Gasteiger partial charge in [0.1, 0.15) is 17.0 Å². The van der Waals surface area contributed by atoms with Crippen LogP contribution in [0.3, 0.4) is 0 Å². The summed E-state index contributed by atoms with van der Waals surface area (Å²) in [6.07, 6.45) is 1.62. The number of aromatic nitrogens is 2. The largest absolute Gasteiger partial charge is 0.352 e. The Kier molecular flexibility index (Phi) is 3.59. The van der Waals surface area contributed by atoms with Crippen LogP contribution in [0.2, 0.25) is 5.02 Å². The Morgan fingerprint density at radius 3 is 2.65 bits per heavy atom. The molecule has 102 valence electrons. The van der Waals surface area contributed by atoms with Crippen LogP contribution in [0, 0.1) is 0 Å². The Balaban J connectivity index is 1.97. The second-order valence-electron chi connectivity index (χ2n) is 4.68. The molecule has 2 heterocycles. The van der Waals surface area contributed by atoms with Crippen molar-refractivity contribution in [3.63, 3.8) is 0 Å². The maximum atomic E-state index is 5.94. The molecule has 0 saturated heterocycles. The van der Waals surface area contributed by atoms with Gasteiger partial charge >= 0.3 is 0 Å². The first-order chi connectivity index (χ1) is 9.66. The number of benzene rings is 1. The van der Waals surface area contributed by atoms with E-state index in [9.17, 15) is 0 Å². The van der Waals surface area contributed by atoms with Gasteiger partial charge in [-0.2, -0.15) is 0 Å². The first-order valence-electron chi connectivity index (χ1n) is 6.33. The normalized spacial score (nSPS) is 12.6. The maximum absolute atomic E-state index is 5.94. The predicted octanol–water partition coefficient (Wildman–Crippen LogP) is 4.54. The maximum Gasteiger partial charge on any atom is 0.141 e. The molecule has 3 nitrogen and oxygen atoms in total. The summed E-state index contributed by atoms with van der Waals surface area (Å²) in [5, 5.41) is 3.90. The van der Waals surface area contributed by atoms with Gasteiger partial charge in [-0.05, 0) is 36.1 Å². The zero-order chi connectivity index (χ0) is 14.1. The summed E-state index contributed by atoms with van der Waals surface area (Å²) in [7, 11) is 2.05. The number of fused-ring (bicyclic) bond motifs is 1. The van der Waals surface area contributed by atoms with Gasteiger partial charge in [0.15, 0.2) is 0 Å². The fourth-order valence-corrected chi connectivity index (χ4v) is 3.06. The minimum absolute atomic E-state index is 0.213. The molecule has 1 aromatic carbocycles. The molecule has 0 spiro atoms. The van der Waals surface area contributed by atoms with Crippen molar-refractivity contribution >= 4 is 39.0 Å². The minimum Gasteiger partial charge on any atom is -0.352 e. The van der Waals surface area contributed by atoms with E-state index >= 15 is 0 Å². The van der Waals surface area contributed by atoms with Crippen molar-refractivity contribution in [1.29, 1.82) is 0 Å². The highest BCUT2D eigenvalue weighted by molar-refractivity contribution is 7.16. The molecule has 1 atom stereocenters. The van der Waals surface area contributed by atoms with E-state index in [1.54, 1.807) is 17.7 Å². The molecule has 0 aliphatic rings. The number of anilines is 1. The van der Waals surface area contributed by atoms with Crippen LogP contribution >= 0.6 is 22.9 Å². The molecule has 0 N–H and O–H groups in total. The van der Waals surface area contributed by atoms with Crippen LogP contribution in [-0.4, -0.2) is 17.0 Å². The molecule has 0 bridgehead atoms. The van der Waals surface area contributed by atoms with E-state index in [0.29, 0.717) is 0 Å². The molecular formula is C15H14ClN3S. The van der Waals surface area contributed by atoms with E-state index in [1.165, 1.54) is 5.56 Å². The van der Waals surface area contributed by atoms with Crippen molar-refractivity contribution in [1.82, 2.24) is 9.97 Å². The summed E-state index contributed by atoms with van der Waals surface area (Å²) in [6.45, 7) is 2.16. The van der Waals surface area contributed by atoms with E-state index in [4.69, 9.17) is 11.6 Å². The molecule has 0 saturated carbocycles. The zero-order valence-electron chi connectivity index (χ0n) is 11.2. The summed E-state index contributed by atoms with van der Waals surface area (Å²) in [6, 6.07) is 10.2. The van der Waals surface area contributed by atoms with Crippen molar-refractivity contribution in [2.45, 2.75) is 13.0 Å². The summed E-state index contributed by atoms with van der Waals surface area (Å²) >= 11 is 7.58. The summed E-state index contributed by atoms with van der Waals surface area (Å²) in [5.74, 6) is 0.957. The average molecular weight is 304 g/mol. The smallest absolute Gasteiger partial charge is 0.141 e. The lowest BCUT2D eigenvalue weighted by molar-refractivity contribution is 0.731. The molecule has 1 unspecified atom stereocenters. The molecule has 3 aromatic rings. The number of hydrogen-bond donors (Lipinski definition) is 0. The molecule has 20 heavy (non-hydrogen) atoms. The van der Waals surface area contributed by atoms with Crippen LogP contribution in [0.25, 0.3) is 10.2 Å². The predicted molar refractivity (Wildman–Crippen MR) is 85.7 cm³/mol. The van der Waals surface area contributed by atoms with Crippen molar-refractivity contribution in [2.75, 3.05) is 11.9 Å². The van der Waals surface area contributed by atoms with E-state index in [1.807, 2.05) is 17.5 Å². The Morgan fingerprint density at radius 1 is 1.15 bits per heavy atom. The molecule has 0 aliphatic carbocycles. The van der Waals surface area contributed by atoms with Crippen molar-refractivity contribution in [3.05, 3.63) is 52.6 Å². The molecule has 0 amide bonds. The Hall–Kier alpha value is -1.65.